The molecule has 1 unspecified atom stereocenters. The number of halogens is 1. The lowest BCUT2D eigenvalue weighted by Crippen LogP contribution is -2.53. The third-order valence-electron chi connectivity index (χ3n) is 6.74. The first-order valence-electron chi connectivity index (χ1n) is 11.6. The molecule has 4 rings (SSSR count). The topological polar surface area (TPSA) is 79.6 Å². The van der Waals surface area contributed by atoms with Crippen LogP contribution in [0.1, 0.15) is 29.9 Å². The van der Waals surface area contributed by atoms with E-state index in [4.69, 9.17) is 0 Å². The zero-order valence-electron chi connectivity index (χ0n) is 20.4. The number of hydrogen-bond acceptors (Lipinski definition) is 5. The zero-order chi connectivity index (χ0) is 25.3. The van der Waals surface area contributed by atoms with Crippen LogP contribution < -0.4 is 15.8 Å². The average Bonchev–Trinajstić information content (AvgIpc) is 3.07. The van der Waals surface area contributed by atoms with Crippen molar-refractivity contribution in [2.75, 3.05) is 36.4 Å². The number of carbonyl (C=O) groups excluding carboxylic acids is 2. The summed E-state index contributed by atoms with van der Waals surface area (Å²) < 4.78 is 17.8. The molecule has 1 aromatic heterocycles. The first-order chi connectivity index (χ1) is 16.7. The molecule has 2 aromatic carbocycles. The lowest BCUT2D eigenvalue weighted by atomic mass is 10.1. The van der Waals surface area contributed by atoms with Crippen LogP contribution in [0.5, 0.6) is 0 Å². The number of rotatable bonds is 6. The van der Waals surface area contributed by atoms with Gasteiger partial charge in [-0.05, 0) is 51.1 Å². The fraction of sp³-hybridized carbons (Fsp3) is 0.346. The van der Waals surface area contributed by atoms with Gasteiger partial charge in [-0.15, -0.1) is 0 Å². The molecule has 1 amide bonds. The van der Waals surface area contributed by atoms with Crippen molar-refractivity contribution >= 4 is 23.1 Å². The summed E-state index contributed by atoms with van der Waals surface area (Å²) in [4.78, 5) is 41.6. The van der Waals surface area contributed by atoms with E-state index < -0.39 is 11.9 Å². The molecule has 1 N–H and O–H groups in total. The number of Topliss-reactive ketones (excluding diaryl/α,β-unsaturated/α-hetero) is 1. The van der Waals surface area contributed by atoms with Gasteiger partial charge in [0.05, 0.1) is 23.1 Å². The molecule has 0 radical (unpaired) electrons. The highest BCUT2D eigenvalue weighted by molar-refractivity contribution is 5.95. The quantitative estimate of drug-likeness (QED) is 0.550. The summed E-state index contributed by atoms with van der Waals surface area (Å²) in [6.45, 7) is 7.22. The van der Waals surface area contributed by atoms with E-state index in [9.17, 15) is 18.8 Å². The fourth-order valence-electron chi connectivity index (χ4n) is 4.44. The van der Waals surface area contributed by atoms with Gasteiger partial charge in [0.15, 0.2) is 5.78 Å². The number of nitrogens with one attached hydrogen (secondary N) is 1. The van der Waals surface area contributed by atoms with Crippen LogP contribution in [0, 0.1) is 12.7 Å². The summed E-state index contributed by atoms with van der Waals surface area (Å²) in [5.74, 6) is -0.864. The molecular weight excluding hydrogens is 449 g/mol. The van der Waals surface area contributed by atoms with E-state index in [1.54, 1.807) is 37.7 Å². The molecule has 3 aromatic rings. The number of nitrogens with zero attached hydrogens (tertiary/aromatic N) is 4. The lowest BCUT2D eigenvalue weighted by molar-refractivity contribution is -0.120. The molecule has 0 spiro atoms. The molecule has 0 bridgehead atoms. The highest BCUT2D eigenvalue weighted by atomic mass is 19.1. The first-order valence-corrected chi connectivity index (χ1v) is 11.6. The minimum Gasteiger partial charge on any atom is -0.367 e. The average molecular weight is 480 g/mol. The predicted octanol–water partition coefficient (Wildman–Crippen LogP) is 2.98. The number of para-hydroxylation sites is 1. The maximum Gasteiger partial charge on any atom is 0.295 e. The molecule has 35 heavy (non-hydrogen) atoms. The Labute approximate surface area is 203 Å². The van der Waals surface area contributed by atoms with Crippen molar-refractivity contribution in [3.05, 3.63) is 76.0 Å². The minimum atomic E-state index is -0.466. The van der Waals surface area contributed by atoms with Gasteiger partial charge in [0, 0.05) is 38.8 Å². The third kappa shape index (κ3) is 4.77. The fourth-order valence-corrected chi connectivity index (χ4v) is 4.44. The van der Waals surface area contributed by atoms with Crippen molar-refractivity contribution in [3.63, 3.8) is 0 Å². The second-order valence-electron chi connectivity index (χ2n) is 8.85. The summed E-state index contributed by atoms with van der Waals surface area (Å²) in [5.41, 5.74) is 2.15. The smallest absolute Gasteiger partial charge is 0.295 e. The second kappa shape index (κ2) is 9.87. The highest BCUT2D eigenvalue weighted by Crippen LogP contribution is 2.23. The Morgan fingerprint density at radius 3 is 2.29 bits per heavy atom. The van der Waals surface area contributed by atoms with Gasteiger partial charge >= 0.3 is 0 Å². The van der Waals surface area contributed by atoms with Crippen LogP contribution in [0.3, 0.4) is 0 Å². The molecule has 8 nitrogen and oxygen atoms in total. The molecule has 0 saturated carbocycles. The van der Waals surface area contributed by atoms with Gasteiger partial charge in [-0.1, -0.05) is 18.2 Å². The normalized spacial score (nSPS) is 15.2. The van der Waals surface area contributed by atoms with Gasteiger partial charge in [0.2, 0.25) is 5.91 Å². The van der Waals surface area contributed by atoms with Crippen molar-refractivity contribution in [1.82, 2.24) is 14.3 Å². The number of amides is 1. The van der Waals surface area contributed by atoms with Crippen LogP contribution in [0.15, 0.2) is 53.3 Å². The minimum absolute atomic E-state index is 0.177. The van der Waals surface area contributed by atoms with Crippen molar-refractivity contribution in [2.45, 2.75) is 26.8 Å². The Balaban J connectivity index is 1.43. The van der Waals surface area contributed by atoms with Crippen LogP contribution in [0.4, 0.5) is 15.8 Å². The molecule has 1 fully saturated rings. The van der Waals surface area contributed by atoms with Crippen LogP contribution in [0.2, 0.25) is 0 Å². The van der Waals surface area contributed by atoms with Gasteiger partial charge in [0.1, 0.15) is 11.5 Å². The van der Waals surface area contributed by atoms with E-state index in [2.05, 4.69) is 5.32 Å². The number of carbonyl (C=O) groups is 2. The number of hydrogen-bond donors (Lipinski definition) is 1. The van der Waals surface area contributed by atoms with Crippen LogP contribution in [0.25, 0.3) is 5.69 Å². The van der Waals surface area contributed by atoms with E-state index in [0.29, 0.717) is 43.1 Å². The summed E-state index contributed by atoms with van der Waals surface area (Å²) in [5, 5.41) is 2.84. The molecule has 1 aliphatic heterocycles. The van der Waals surface area contributed by atoms with Crippen LogP contribution in [-0.4, -0.2) is 58.2 Å². The standard InChI is InChI=1S/C26H30FN5O3/c1-17-24(26(35)32(29(17)4)21-8-6-5-7-9-21)28-25(34)18(2)30-12-14-31(15-13-30)23-11-10-20(19(3)33)16-22(23)27/h5-11,16,18H,12-15H2,1-4H3,(H,28,34). The molecular formula is C26H30FN5O3. The maximum atomic E-state index is 14.5. The van der Waals surface area contributed by atoms with Crippen LogP contribution >= 0.6 is 0 Å². The van der Waals surface area contributed by atoms with Gasteiger partial charge in [-0.3, -0.25) is 24.0 Å². The molecule has 184 valence electrons. The monoisotopic (exact) mass is 479 g/mol. The van der Waals surface area contributed by atoms with E-state index in [1.807, 2.05) is 40.1 Å². The summed E-state index contributed by atoms with van der Waals surface area (Å²) >= 11 is 0. The van der Waals surface area contributed by atoms with Gasteiger partial charge in [-0.2, -0.15) is 0 Å². The molecule has 0 aliphatic carbocycles. The lowest BCUT2D eigenvalue weighted by Gasteiger charge is -2.38. The van der Waals surface area contributed by atoms with Crippen molar-refractivity contribution in [2.24, 2.45) is 7.05 Å². The Hall–Kier alpha value is -3.72. The second-order valence-corrected chi connectivity index (χ2v) is 8.85. The van der Waals surface area contributed by atoms with Crippen molar-refractivity contribution < 1.29 is 14.0 Å². The summed E-state index contributed by atoms with van der Waals surface area (Å²) in [7, 11) is 1.78. The Morgan fingerprint density at radius 1 is 1.03 bits per heavy atom. The van der Waals surface area contributed by atoms with Gasteiger partial charge < -0.3 is 10.2 Å². The summed E-state index contributed by atoms with van der Waals surface area (Å²) in [6, 6.07) is 13.3. The highest BCUT2D eigenvalue weighted by Gasteiger charge is 2.28. The Bertz CT molecular complexity index is 1310. The van der Waals surface area contributed by atoms with E-state index >= 15 is 0 Å². The predicted molar refractivity (Wildman–Crippen MR) is 134 cm³/mol. The molecule has 1 saturated heterocycles. The number of benzene rings is 2. The number of piperazine rings is 1. The number of ketones is 1. The molecule has 1 atom stereocenters. The largest absolute Gasteiger partial charge is 0.367 e. The Kier molecular flexibility index (Phi) is 6.88. The number of aromatic nitrogens is 2. The zero-order valence-corrected chi connectivity index (χ0v) is 20.4. The summed E-state index contributed by atoms with van der Waals surface area (Å²) in [6.07, 6.45) is 0. The number of anilines is 2. The van der Waals surface area contributed by atoms with E-state index in [1.165, 1.54) is 17.7 Å². The first kappa shape index (κ1) is 24.4. The Morgan fingerprint density at radius 2 is 1.69 bits per heavy atom. The third-order valence-corrected chi connectivity index (χ3v) is 6.74. The van der Waals surface area contributed by atoms with E-state index in [-0.39, 0.29) is 22.9 Å². The SMILES string of the molecule is CC(=O)c1ccc(N2CCN(C(C)C(=O)Nc3c(C)n(C)n(-c4ccccc4)c3=O)CC2)c(F)c1. The molecule has 1 aliphatic rings. The molecule has 2 heterocycles. The van der Waals surface area contributed by atoms with Crippen molar-refractivity contribution in [3.8, 4) is 5.69 Å². The van der Waals surface area contributed by atoms with Gasteiger partial charge in [0.25, 0.3) is 5.56 Å². The van der Waals surface area contributed by atoms with Gasteiger partial charge in [-0.25, -0.2) is 9.07 Å². The molecule has 9 heteroatoms. The van der Waals surface area contributed by atoms with Crippen molar-refractivity contribution in [1.29, 1.82) is 0 Å². The van der Waals surface area contributed by atoms with E-state index in [0.717, 1.165) is 5.69 Å². The van der Waals surface area contributed by atoms with Crippen LogP contribution in [-0.2, 0) is 11.8 Å². The maximum absolute atomic E-state index is 14.5.